The van der Waals surface area contributed by atoms with Gasteiger partial charge in [0.15, 0.2) is 0 Å². The van der Waals surface area contributed by atoms with Crippen LogP contribution in [0.15, 0.2) is 80.7 Å². The first-order valence-electron chi connectivity index (χ1n) is 9.65. The van der Waals surface area contributed by atoms with Crippen LogP contribution in [-0.4, -0.2) is 10.9 Å². The monoisotopic (exact) mass is 418 g/mol. The molecule has 6 heteroatoms. The van der Waals surface area contributed by atoms with Crippen molar-refractivity contribution >= 4 is 17.7 Å². The van der Waals surface area contributed by atoms with Gasteiger partial charge in [-0.05, 0) is 62.4 Å². The minimum absolute atomic E-state index is 0.156. The number of aryl methyl sites for hydroxylation is 2. The molecule has 1 amide bonds. The number of oxazole rings is 1. The van der Waals surface area contributed by atoms with Gasteiger partial charge in [-0.3, -0.25) is 4.79 Å². The topological polar surface area (TPSA) is 68.3 Å². The van der Waals surface area contributed by atoms with Gasteiger partial charge in [-0.2, -0.15) is 0 Å². The smallest absolute Gasteiger partial charge is 0.251 e. The van der Waals surface area contributed by atoms with E-state index in [9.17, 15) is 4.79 Å². The van der Waals surface area contributed by atoms with Crippen LogP contribution in [-0.2, 0) is 12.3 Å². The van der Waals surface area contributed by atoms with Crippen LogP contribution in [0.4, 0.5) is 0 Å². The number of nitrogens with one attached hydrogen (secondary N) is 1. The quantitative estimate of drug-likeness (QED) is 0.386. The molecule has 0 fully saturated rings. The summed E-state index contributed by atoms with van der Waals surface area (Å²) < 4.78 is 11.1. The van der Waals surface area contributed by atoms with Crippen LogP contribution < -0.4 is 5.32 Å². The number of carbonyl (C=O) groups is 1. The molecule has 30 heavy (non-hydrogen) atoms. The maximum absolute atomic E-state index is 12.3. The number of benzene rings is 2. The highest BCUT2D eigenvalue weighted by Gasteiger charge is 2.13. The van der Waals surface area contributed by atoms with E-state index in [2.05, 4.69) is 41.5 Å². The van der Waals surface area contributed by atoms with Gasteiger partial charge in [0, 0.05) is 21.8 Å². The maximum atomic E-state index is 12.3. The Labute approximate surface area is 179 Å². The fourth-order valence-electron chi connectivity index (χ4n) is 2.92. The largest absolute Gasteiger partial charge is 0.467 e. The van der Waals surface area contributed by atoms with Crippen molar-refractivity contribution in [1.29, 1.82) is 0 Å². The molecule has 0 aliphatic rings. The summed E-state index contributed by atoms with van der Waals surface area (Å²) in [6.07, 6.45) is 1.59. The van der Waals surface area contributed by atoms with Gasteiger partial charge in [-0.25, -0.2) is 4.98 Å². The van der Waals surface area contributed by atoms with Crippen molar-refractivity contribution in [2.45, 2.75) is 31.0 Å². The molecule has 0 aliphatic carbocycles. The van der Waals surface area contributed by atoms with E-state index in [4.69, 9.17) is 8.83 Å². The summed E-state index contributed by atoms with van der Waals surface area (Å²) in [4.78, 5) is 18.2. The first kappa shape index (κ1) is 20.0. The van der Waals surface area contributed by atoms with Crippen molar-refractivity contribution < 1.29 is 13.6 Å². The van der Waals surface area contributed by atoms with Gasteiger partial charge in [-0.15, -0.1) is 11.8 Å². The number of amides is 1. The van der Waals surface area contributed by atoms with E-state index in [0.717, 1.165) is 22.8 Å². The Morgan fingerprint density at radius 3 is 2.50 bits per heavy atom. The highest BCUT2D eigenvalue weighted by atomic mass is 32.2. The summed E-state index contributed by atoms with van der Waals surface area (Å²) in [5, 5.41) is 2.84. The number of hydrogen-bond acceptors (Lipinski definition) is 5. The molecule has 0 atom stereocenters. The van der Waals surface area contributed by atoms with Crippen LogP contribution in [0, 0.1) is 13.8 Å². The van der Waals surface area contributed by atoms with Crippen molar-refractivity contribution in [2.75, 3.05) is 0 Å². The molecule has 0 unspecified atom stereocenters. The van der Waals surface area contributed by atoms with Crippen LogP contribution in [0.3, 0.4) is 0 Å². The minimum Gasteiger partial charge on any atom is -0.467 e. The number of furan rings is 1. The third-order valence-electron chi connectivity index (χ3n) is 4.69. The van der Waals surface area contributed by atoms with E-state index in [-0.39, 0.29) is 5.91 Å². The van der Waals surface area contributed by atoms with Gasteiger partial charge < -0.3 is 14.2 Å². The second-order valence-corrected chi connectivity index (χ2v) is 8.01. The SMILES string of the molecule is Cc1ccc(SCc2nc(-c3ccc(C(=O)NCc4ccco4)cc3)oc2C)cc1. The molecule has 152 valence electrons. The molecule has 4 aromatic rings. The summed E-state index contributed by atoms with van der Waals surface area (Å²) in [7, 11) is 0. The van der Waals surface area contributed by atoms with Crippen LogP contribution in [0.5, 0.6) is 0 Å². The van der Waals surface area contributed by atoms with Crippen molar-refractivity contribution in [3.63, 3.8) is 0 Å². The Morgan fingerprint density at radius 2 is 1.80 bits per heavy atom. The zero-order chi connectivity index (χ0) is 20.9. The number of hydrogen-bond donors (Lipinski definition) is 1. The molecule has 0 spiro atoms. The summed E-state index contributed by atoms with van der Waals surface area (Å²) >= 11 is 1.73. The summed E-state index contributed by atoms with van der Waals surface area (Å²) in [6, 6.07) is 19.3. The minimum atomic E-state index is -0.156. The molecule has 2 aromatic heterocycles. The molecule has 4 rings (SSSR count). The van der Waals surface area contributed by atoms with Crippen molar-refractivity contribution in [1.82, 2.24) is 10.3 Å². The Bertz CT molecular complexity index is 1110. The van der Waals surface area contributed by atoms with Crippen molar-refractivity contribution in [2.24, 2.45) is 0 Å². The van der Waals surface area contributed by atoms with E-state index in [1.54, 1.807) is 36.2 Å². The predicted molar refractivity (Wildman–Crippen MR) is 117 cm³/mol. The summed E-state index contributed by atoms with van der Waals surface area (Å²) in [5.74, 6) is 2.67. The van der Waals surface area contributed by atoms with Crippen LogP contribution in [0.25, 0.3) is 11.5 Å². The average molecular weight is 419 g/mol. The van der Waals surface area contributed by atoms with Crippen LogP contribution in [0.2, 0.25) is 0 Å². The van der Waals surface area contributed by atoms with Crippen molar-refractivity contribution in [3.05, 3.63) is 95.3 Å². The van der Waals surface area contributed by atoms with E-state index in [1.807, 2.05) is 25.1 Å². The molecule has 0 saturated carbocycles. The Hall–Kier alpha value is -3.25. The first-order valence-corrected chi connectivity index (χ1v) is 10.6. The molecular weight excluding hydrogens is 396 g/mol. The Balaban J connectivity index is 1.39. The lowest BCUT2D eigenvalue weighted by Crippen LogP contribution is -2.22. The molecule has 0 radical (unpaired) electrons. The van der Waals surface area contributed by atoms with Gasteiger partial charge in [0.1, 0.15) is 11.5 Å². The molecule has 2 heterocycles. The lowest BCUT2D eigenvalue weighted by molar-refractivity contribution is 0.0948. The van der Waals surface area contributed by atoms with E-state index < -0.39 is 0 Å². The third-order valence-corrected chi connectivity index (χ3v) is 5.71. The fourth-order valence-corrected chi connectivity index (χ4v) is 3.82. The van der Waals surface area contributed by atoms with Gasteiger partial charge in [0.2, 0.25) is 5.89 Å². The molecule has 2 aromatic carbocycles. The molecule has 1 N–H and O–H groups in total. The second kappa shape index (κ2) is 9.05. The molecule has 0 saturated heterocycles. The first-order chi connectivity index (χ1) is 14.6. The van der Waals surface area contributed by atoms with Gasteiger partial charge >= 0.3 is 0 Å². The predicted octanol–water partition coefficient (Wildman–Crippen LogP) is 5.77. The lowest BCUT2D eigenvalue weighted by atomic mass is 10.1. The molecule has 0 aliphatic heterocycles. The summed E-state index contributed by atoms with van der Waals surface area (Å²) in [6.45, 7) is 4.36. The van der Waals surface area contributed by atoms with E-state index >= 15 is 0 Å². The maximum Gasteiger partial charge on any atom is 0.251 e. The average Bonchev–Trinajstić information content (AvgIpc) is 3.41. The Kier molecular flexibility index (Phi) is 6.05. The van der Waals surface area contributed by atoms with Crippen LogP contribution in [0.1, 0.15) is 33.1 Å². The number of rotatable bonds is 7. The number of carbonyl (C=O) groups excluding carboxylic acids is 1. The normalized spacial score (nSPS) is 10.9. The Morgan fingerprint density at radius 1 is 1.03 bits per heavy atom. The highest BCUT2D eigenvalue weighted by Crippen LogP contribution is 2.28. The molecular formula is C24H22N2O3S. The zero-order valence-electron chi connectivity index (χ0n) is 16.8. The number of thioether (sulfide) groups is 1. The van der Waals surface area contributed by atoms with E-state index in [1.165, 1.54) is 10.5 Å². The fraction of sp³-hybridized carbons (Fsp3) is 0.167. The number of nitrogens with zero attached hydrogens (tertiary/aromatic N) is 1. The standard InChI is InChI=1S/C24H22N2O3S/c1-16-5-11-21(12-6-16)30-15-22-17(2)29-24(26-22)19-9-7-18(8-10-19)23(27)25-14-20-4-3-13-28-20/h3-13H,14-15H2,1-2H3,(H,25,27). The van der Waals surface area contributed by atoms with Gasteiger partial charge in [-0.1, -0.05) is 17.7 Å². The highest BCUT2D eigenvalue weighted by molar-refractivity contribution is 7.98. The molecule has 0 bridgehead atoms. The lowest BCUT2D eigenvalue weighted by Gasteiger charge is -2.04. The van der Waals surface area contributed by atoms with Crippen molar-refractivity contribution in [3.8, 4) is 11.5 Å². The zero-order valence-corrected chi connectivity index (χ0v) is 17.7. The third kappa shape index (κ3) is 4.83. The van der Waals surface area contributed by atoms with Gasteiger partial charge in [0.05, 0.1) is 18.5 Å². The molecule has 5 nitrogen and oxygen atoms in total. The van der Waals surface area contributed by atoms with Gasteiger partial charge in [0.25, 0.3) is 5.91 Å². The van der Waals surface area contributed by atoms with E-state index in [0.29, 0.717) is 23.8 Å². The van der Waals surface area contributed by atoms with Crippen LogP contribution >= 0.6 is 11.8 Å². The second-order valence-electron chi connectivity index (χ2n) is 6.96. The summed E-state index contributed by atoms with van der Waals surface area (Å²) in [5.41, 5.74) is 3.59. The number of aromatic nitrogens is 1.